The fourth-order valence-electron chi connectivity index (χ4n) is 2.25. The number of carbonyl (C=O) groups is 1. The predicted molar refractivity (Wildman–Crippen MR) is 79.3 cm³/mol. The van der Waals surface area contributed by atoms with Crippen LogP contribution in [0.15, 0.2) is 36.4 Å². The van der Waals surface area contributed by atoms with E-state index in [0.29, 0.717) is 18.9 Å². The van der Waals surface area contributed by atoms with Gasteiger partial charge in [-0.1, -0.05) is 24.3 Å². The van der Waals surface area contributed by atoms with Gasteiger partial charge in [-0.15, -0.1) is 0 Å². The zero-order valence-corrected chi connectivity index (χ0v) is 11.4. The molecule has 1 aliphatic rings. The summed E-state index contributed by atoms with van der Waals surface area (Å²) in [5, 5.41) is 14.3. The van der Waals surface area contributed by atoms with Gasteiger partial charge in [0, 0.05) is 12.2 Å². The van der Waals surface area contributed by atoms with Crippen LogP contribution < -0.4 is 10.6 Å². The van der Waals surface area contributed by atoms with E-state index >= 15 is 0 Å². The summed E-state index contributed by atoms with van der Waals surface area (Å²) in [4.78, 5) is 11.8. The Bertz CT molecular complexity index is 514. The molecule has 0 aliphatic heterocycles. The SMILES string of the molecule is N#CCc1ccc(NC(=O)NCC2CC=CCC2)cc1. The average molecular weight is 269 g/mol. The lowest BCUT2D eigenvalue weighted by Crippen LogP contribution is -2.33. The van der Waals surface area contributed by atoms with Gasteiger partial charge in [0.1, 0.15) is 0 Å². The van der Waals surface area contributed by atoms with E-state index in [1.54, 1.807) is 0 Å². The zero-order chi connectivity index (χ0) is 14.2. The molecule has 1 unspecified atom stereocenters. The number of hydrogen-bond donors (Lipinski definition) is 2. The largest absolute Gasteiger partial charge is 0.338 e. The van der Waals surface area contributed by atoms with Crippen molar-refractivity contribution in [1.82, 2.24) is 5.32 Å². The molecule has 0 heterocycles. The van der Waals surface area contributed by atoms with Gasteiger partial charge in [0.15, 0.2) is 0 Å². The third-order valence-corrected chi connectivity index (χ3v) is 3.42. The minimum atomic E-state index is -0.174. The maximum atomic E-state index is 11.8. The highest BCUT2D eigenvalue weighted by atomic mass is 16.2. The van der Waals surface area contributed by atoms with Crippen molar-refractivity contribution in [3.05, 3.63) is 42.0 Å². The molecule has 2 N–H and O–H groups in total. The zero-order valence-electron chi connectivity index (χ0n) is 11.4. The van der Waals surface area contributed by atoms with Crippen molar-refractivity contribution in [3.63, 3.8) is 0 Å². The lowest BCUT2D eigenvalue weighted by Gasteiger charge is -2.18. The second kappa shape index (κ2) is 7.34. The average Bonchev–Trinajstić information content (AvgIpc) is 2.49. The van der Waals surface area contributed by atoms with Crippen LogP contribution in [0.4, 0.5) is 10.5 Å². The van der Waals surface area contributed by atoms with Crippen molar-refractivity contribution < 1.29 is 4.79 Å². The molecule has 0 bridgehead atoms. The molecular formula is C16H19N3O. The first-order valence-electron chi connectivity index (χ1n) is 6.93. The molecule has 1 aromatic carbocycles. The van der Waals surface area contributed by atoms with E-state index in [1.807, 2.05) is 24.3 Å². The number of nitriles is 1. The fraction of sp³-hybridized carbons (Fsp3) is 0.375. The second-order valence-electron chi connectivity index (χ2n) is 5.02. The minimum absolute atomic E-state index is 0.174. The summed E-state index contributed by atoms with van der Waals surface area (Å²) < 4.78 is 0. The summed E-state index contributed by atoms with van der Waals surface area (Å²) >= 11 is 0. The number of benzene rings is 1. The topological polar surface area (TPSA) is 64.9 Å². The van der Waals surface area contributed by atoms with Gasteiger partial charge in [-0.25, -0.2) is 4.79 Å². The van der Waals surface area contributed by atoms with Crippen LogP contribution in [0, 0.1) is 17.2 Å². The Morgan fingerprint density at radius 1 is 1.30 bits per heavy atom. The number of anilines is 1. The van der Waals surface area contributed by atoms with Crippen LogP contribution in [0.2, 0.25) is 0 Å². The van der Waals surface area contributed by atoms with Gasteiger partial charge in [0.2, 0.25) is 0 Å². The summed E-state index contributed by atoms with van der Waals surface area (Å²) in [5.41, 5.74) is 1.69. The lowest BCUT2D eigenvalue weighted by molar-refractivity contribution is 0.249. The van der Waals surface area contributed by atoms with E-state index in [4.69, 9.17) is 5.26 Å². The molecule has 0 saturated heterocycles. The Hall–Kier alpha value is -2.28. The first-order valence-corrected chi connectivity index (χ1v) is 6.93. The first kappa shape index (κ1) is 14.1. The van der Waals surface area contributed by atoms with E-state index in [1.165, 1.54) is 0 Å². The van der Waals surface area contributed by atoms with E-state index in [0.717, 1.165) is 30.5 Å². The Labute approximate surface area is 119 Å². The number of allylic oxidation sites excluding steroid dienone is 2. The quantitative estimate of drug-likeness (QED) is 0.824. The molecule has 1 aromatic rings. The summed E-state index contributed by atoms with van der Waals surface area (Å²) in [6.07, 6.45) is 8.06. The molecule has 2 amide bonds. The van der Waals surface area contributed by atoms with Crippen LogP contribution in [-0.4, -0.2) is 12.6 Å². The van der Waals surface area contributed by atoms with Crippen molar-refractivity contribution in [1.29, 1.82) is 5.26 Å². The number of urea groups is 1. The maximum absolute atomic E-state index is 11.8. The molecule has 104 valence electrons. The summed E-state index contributed by atoms with van der Waals surface area (Å²) in [7, 11) is 0. The van der Waals surface area contributed by atoms with Gasteiger partial charge >= 0.3 is 6.03 Å². The number of amides is 2. The normalized spacial score (nSPS) is 17.2. The van der Waals surface area contributed by atoms with E-state index in [-0.39, 0.29) is 6.03 Å². The van der Waals surface area contributed by atoms with Crippen LogP contribution in [0.3, 0.4) is 0 Å². The number of rotatable bonds is 4. The monoisotopic (exact) mass is 269 g/mol. The Morgan fingerprint density at radius 2 is 2.10 bits per heavy atom. The number of hydrogen-bond acceptors (Lipinski definition) is 2. The van der Waals surface area contributed by atoms with E-state index in [2.05, 4.69) is 28.9 Å². The molecule has 0 spiro atoms. The summed E-state index contributed by atoms with van der Waals surface area (Å²) in [6, 6.07) is 9.26. The minimum Gasteiger partial charge on any atom is -0.338 e. The number of carbonyl (C=O) groups excluding carboxylic acids is 1. The Kier molecular flexibility index (Phi) is 5.19. The number of nitrogens with zero attached hydrogens (tertiary/aromatic N) is 1. The number of nitrogens with one attached hydrogen (secondary N) is 2. The van der Waals surface area contributed by atoms with Crippen LogP contribution in [0.1, 0.15) is 24.8 Å². The first-order chi connectivity index (χ1) is 9.78. The molecule has 1 aliphatic carbocycles. The molecule has 0 radical (unpaired) electrons. The molecule has 1 atom stereocenters. The molecule has 4 heteroatoms. The van der Waals surface area contributed by atoms with Crippen molar-refractivity contribution in [2.75, 3.05) is 11.9 Å². The Morgan fingerprint density at radius 3 is 2.75 bits per heavy atom. The van der Waals surface area contributed by atoms with Gasteiger partial charge in [-0.2, -0.15) is 5.26 Å². The third kappa shape index (κ3) is 4.43. The van der Waals surface area contributed by atoms with Gasteiger partial charge < -0.3 is 10.6 Å². The highest BCUT2D eigenvalue weighted by Gasteiger charge is 2.11. The van der Waals surface area contributed by atoms with Crippen molar-refractivity contribution >= 4 is 11.7 Å². The molecule has 4 nitrogen and oxygen atoms in total. The van der Waals surface area contributed by atoms with Gasteiger partial charge in [0.05, 0.1) is 12.5 Å². The van der Waals surface area contributed by atoms with Crippen LogP contribution >= 0.6 is 0 Å². The van der Waals surface area contributed by atoms with Gasteiger partial charge in [-0.05, 0) is 42.9 Å². The van der Waals surface area contributed by atoms with Crippen molar-refractivity contribution in [2.24, 2.45) is 5.92 Å². The summed E-state index contributed by atoms with van der Waals surface area (Å²) in [6.45, 7) is 0.711. The van der Waals surface area contributed by atoms with E-state index in [9.17, 15) is 4.79 Å². The smallest absolute Gasteiger partial charge is 0.319 e. The predicted octanol–water partition coefficient (Wildman–Crippen LogP) is 3.23. The molecule has 0 aromatic heterocycles. The molecule has 0 fully saturated rings. The fourth-order valence-corrected chi connectivity index (χ4v) is 2.25. The highest BCUT2D eigenvalue weighted by molar-refractivity contribution is 5.89. The lowest BCUT2D eigenvalue weighted by atomic mass is 9.94. The van der Waals surface area contributed by atoms with Crippen LogP contribution in [0.5, 0.6) is 0 Å². The second-order valence-corrected chi connectivity index (χ2v) is 5.02. The summed E-state index contributed by atoms with van der Waals surface area (Å²) in [5.74, 6) is 0.545. The molecule has 0 saturated carbocycles. The maximum Gasteiger partial charge on any atom is 0.319 e. The van der Waals surface area contributed by atoms with Crippen LogP contribution in [0.25, 0.3) is 0 Å². The third-order valence-electron chi connectivity index (χ3n) is 3.42. The van der Waals surface area contributed by atoms with Crippen molar-refractivity contribution in [3.8, 4) is 6.07 Å². The highest BCUT2D eigenvalue weighted by Crippen LogP contribution is 2.17. The van der Waals surface area contributed by atoms with E-state index < -0.39 is 0 Å². The van der Waals surface area contributed by atoms with Gasteiger partial charge in [0.25, 0.3) is 0 Å². The molecular weight excluding hydrogens is 250 g/mol. The Balaban J connectivity index is 1.76. The molecule has 2 rings (SSSR count). The molecule has 20 heavy (non-hydrogen) atoms. The van der Waals surface area contributed by atoms with Gasteiger partial charge in [-0.3, -0.25) is 0 Å². The van der Waals surface area contributed by atoms with Crippen LogP contribution in [-0.2, 0) is 6.42 Å². The standard InChI is InChI=1S/C16H19N3O/c17-11-10-13-6-8-15(9-7-13)19-16(20)18-12-14-4-2-1-3-5-14/h1-2,6-9,14H,3-5,10,12H2,(H2,18,19,20). The van der Waals surface area contributed by atoms with Crippen molar-refractivity contribution in [2.45, 2.75) is 25.7 Å².